The van der Waals surface area contributed by atoms with Crippen molar-refractivity contribution in [3.05, 3.63) is 24.2 Å². The fourth-order valence-electron chi connectivity index (χ4n) is 1.28. The van der Waals surface area contributed by atoms with Gasteiger partial charge in [-0.05, 0) is 12.1 Å². The molecule has 0 amide bonds. The van der Waals surface area contributed by atoms with E-state index in [1.54, 1.807) is 6.07 Å². The molecule has 2 aromatic rings. The highest BCUT2D eigenvalue weighted by atomic mass is 32.2. The first-order valence-electron chi connectivity index (χ1n) is 5.35. The van der Waals surface area contributed by atoms with Gasteiger partial charge in [0.05, 0.1) is 6.54 Å². The minimum Gasteiger partial charge on any atom is -0.363 e. The summed E-state index contributed by atoms with van der Waals surface area (Å²) in [5, 5.41) is 16.2. The maximum absolute atomic E-state index is 11.8. The Morgan fingerprint density at radius 1 is 1.37 bits per heavy atom. The molecule has 0 unspecified atom stereocenters. The van der Waals surface area contributed by atoms with E-state index >= 15 is 0 Å². The molecule has 2 N–H and O–H groups in total. The van der Waals surface area contributed by atoms with E-state index in [-0.39, 0.29) is 4.90 Å². The van der Waals surface area contributed by atoms with Crippen LogP contribution < -0.4 is 5.32 Å². The van der Waals surface area contributed by atoms with Crippen molar-refractivity contribution >= 4 is 15.8 Å². The van der Waals surface area contributed by atoms with Gasteiger partial charge in [0, 0.05) is 20.3 Å². The summed E-state index contributed by atoms with van der Waals surface area (Å²) in [6.45, 7) is 0.350. The Bertz CT molecular complexity index is 621. The first kappa shape index (κ1) is 13.4. The van der Waals surface area contributed by atoms with E-state index in [1.807, 2.05) is 0 Å². The van der Waals surface area contributed by atoms with E-state index in [4.69, 9.17) is 0 Å². The molecule has 0 saturated heterocycles. The first-order valence-corrected chi connectivity index (χ1v) is 6.79. The molecule has 102 valence electrons. The highest BCUT2D eigenvalue weighted by Gasteiger charge is 2.17. The fourth-order valence-corrected chi connectivity index (χ4v) is 2.12. The molecule has 2 rings (SSSR count). The smallest absolute Gasteiger partial charge is 0.244 e. The molecule has 19 heavy (non-hydrogen) atoms. The number of sulfonamides is 1. The molecule has 0 aliphatic heterocycles. The lowest BCUT2D eigenvalue weighted by atomic mass is 10.4. The molecule has 0 radical (unpaired) electrons. The maximum Gasteiger partial charge on any atom is 0.244 e. The van der Waals surface area contributed by atoms with Gasteiger partial charge in [-0.25, -0.2) is 17.7 Å². The van der Waals surface area contributed by atoms with E-state index in [0.29, 0.717) is 18.2 Å². The fraction of sp³-hybridized carbons (Fsp3) is 0.333. The van der Waals surface area contributed by atoms with E-state index in [0.717, 1.165) is 4.31 Å². The Kier molecular flexibility index (Phi) is 3.71. The van der Waals surface area contributed by atoms with Crippen LogP contribution in [0.2, 0.25) is 0 Å². The number of nitrogens with zero attached hydrogens (tertiary/aromatic N) is 5. The van der Waals surface area contributed by atoms with Crippen molar-refractivity contribution in [1.82, 2.24) is 29.9 Å². The molecule has 2 heterocycles. The Hall–Kier alpha value is -2.07. The van der Waals surface area contributed by atoms with Gasteiger partial charge in [-0.1, -0.05) is 5.21 Å². The number of rotatable bonds is 5. The number of anilines is 1. The Labute approximate surface area is 110 Å². The molecule has 2 aromatic heterocycles. The standard InChI is InChI=1S/C9H13N7O2S/c1-16(2)19(17,18)7-3-4-8(10-5-7)11-6-9-12-14-15-13-9/h3-5H,6H2,1-2H3,(H,10,11)(H,12,13,14,15). The van der Waals surface area contributed by atoms with Gasteiger partial charge in [0.1, 0.15) is 10.7 Å². The number of pyridine rings is 1. The summed E-state index contributed by atoms with van der Waals surface area (Å²) in [4.78, 5) is 4.17. The number of hydrogen-bond acceptors (Lipinski definition) is 7. The third kappa shape index (κ3) is 3.03. The zero-order valence-corrected chi connectivity index (χ0v) is 11.2. The van der Waals surface area contributed by atoms with Crippen molar-refractivity contribution in [2.24, 2.45) is 0 Å². The van der Waals surface area contributed by atoms with Crippen LogP contribution in [-0.4, -0.2) is 52.4 Å². The Morgan fingerprint density at radius 3 is 2.68 bits per heavy atom. The molecule has 0 fully saturated rings. The van der Waals surface area contributed by atoms with Crippen molar-refractivity contribution in [1.29, 1.82) is 0 Å². The topological polar surface area (TPSA) is 117 Å². The van der Waals surface area contributed by atoms with Gasteiger partial charge in [0.25, 0.3) is 0 Å². The molecule has 0 saturated carbocycles. The molecule has 0 spiro atoms. The third-order valence-corrected chi connectivity index (χ3v) is 4.13. The van der Waals surface area contributed by atoms with Gasteiger partial charge >= 0.3 is 0 Å². The van der Waals surface area contributed by atoms with Crippen LogP contribution in [0.4, 0.5) is 5.82 Å². The summed E-state index contributed by atoms with van der Waals surface area (Å²) >= 11 is 0. The quantitative estimate of drug-likeness (QED) is 0.756. The second-order valence-corrected chi connectivity index (χ2v) is 6.00. The molecular weight excluding hydrogens is 270 g/mol. The minimum atomic E-state index is -3.45. The van der Waals surface area contributed by atoms with E-state index in [9.17, 15) is 8.42 Å². The first-order chi connectivity index (χ1) is 9.00. The molecule has 0 aliphatic carbocycles. The van der Waals surface area contributed by atoms with Crippen LogP contribution in [0.5, 0.6) is 0 Å². The van der Waals surface area contributed by atoms with Crippen LogP contribution in [0.3, 0.4) is 0 Å². The molecule has 10 heteroatoms. The summed E-state index contributed by atoms with van der Waals surface area (Å²) in [5.74, 6) is 1.02. The average molecular weight is 283 g/mol. The van der Waals surface area contributed by atoms with Crippen LogP contribution in [0.1, 0.15) is 5.82 Å². The van der Waals surface area contributed by atoms with Crippen LogP contribution in [0, 0.1) is 0 Å². The van der Waals surface area contributed by atoms with Crippen molar-refractivity contribution in [2.75, 3.05) is 19.4 Å². The SMILES string of the molecule is CN(C)S(=O)(=O)c1ccc(NCc2nn[nH]n2)nc1. The van der Waals surface area contributed by atoms with Gasteiger partial charge in [-0.15, -0.1) is 10.2 Å². The highest BCUT2D eigenvalue weighted by Crippen LogP contribution is 2.13. The number of tetrazole rings is 1. The van der Waals surface area contributed by atoms with Crippen molar-refractivity contribution in [2.45, 2.75) is 11.4 Å². The lowest BCUT2D eigenvalue weighted by Crippen LogP contribution is -2.22. The van der Waals surface area contributed by atoms with Gasteiger partial charge in [-0.2, -0.15) is 5.21 Å². The third-order valence-electron chi connectivity index (χ3n) is 2.33. The second kappa shape index (κ2) is 5.28. The zero-order chi connectivity index (χ0) is 13.9. The van der Waals surface area contributed by atoms with Crippen LogP contribution >= 0.6 is 0 Å². The summed E-state index contributed by atoms with van der Waals surface area (Å²) in [5.41, 5.74) is 0. The van der Waals surface area contributed by atoms with Crippen LogP contribution in [0.25, 0.3) is 0 Å². The molecule has 0 bridgehead atoms. The second-order valence-electron chi connectivity index (χ2n) is 3.85. The van der Waals surface area contributed by atoms with E-state index in [1.165, 1.54) is 26.4 Å². The van der Waals surface area contributed by atoms with Crippen LogP contribution in [0.15, 0.2) is 23.2 Å². The monoisotopic (exact) mass is 283 g/mol. The van der Waals surface area contributed by atoms with Crippen molar-refractivity contribution in [3.63, 3.8) is 0 Å². The van der Waals surface area contributed by atoms with Crippen molar-refractivity contribution in [3.8, 4) is 0 Å². The van der Waals surface area contributed by atoms with E-state index < -0.39 is 10.0 Å². The molecule has 0 atom stereocenters. The highest BCUT2D eigenvalue weighted by molar-refractivity contribution is 7.89. The minimum absolute atomic E-state index is 0.141. The number of H-pyrrole nitrogens is 1. The van der Waals surface area contributed by atoms with Crippen LogP contribution in [-0.2, 0) is 16.6 Å². The van der Waals surface area contributed by atoms with Gasteiger partial charge < -0.3 is 5.32 Å². The zero-order valence-electron chi connectivity index (χ0n) is 10.4. The normalized spacial score (nSPS) is 11.7. The molecule has 0 aliphatic rings. The van der Waals surface area contributed by atoms with Crippen molar-refractivity contribution < 1.29 is 8.42 Å². The molecular formula is C9H13N7O2S. The predicted octanol–water partition coefficient (Wildman–Crippen LogP) is -0.543. The lowest BCUT2D eigenvalue weighted by molar-refractivity contribution is 0.520. The summed E-state index contributed by atoms with van der Waals surface area (Å²) in [6, 6.07) is 3.07. The molecule has 0 aromatic carbocycles. The van der Waals surface area contributed by atoms with Gasteiger partial charge in [0.2, 0.25) is 10.0 Å². The molecule has 9 nitrogen and oxygen atoms in total. The van der Waals surface area contributed by atoms with Gasteiger partial charge in [0.15, 0.2) is 5.82 Å². The summed E-state index contributed by atoms with van der Waals surface area (Å²) in [6.07, 6.45) is 1.30. The van der Waals surface area contributed by atoms with Gasteiger partial charge in [-0.3, -0.25) is 0 Å². The maximum atomic E-state index is 11.8. The Balaban J connectivity index is 2.07. The number of aromatic amines is 1. The summed E-state index contributed by atoms with van der Waals surface area (Å²) < 4.78 is 24.8. The summed E-state index contributed by atoms with van der Waals surface area (Å²) in [7, 11) is -0.508. The largest absolute Gasteiger partial charge is 0.363 e. The Morgan fingerprint density at radius 2 is 2.16 bits per heavy atom. The predicted molar refractivity (Wildman–Crippen MR) is 66.6 cm³/mol. The van der Waals surface area contributed by atoms with E-state index in [2.05, 4.69) is 30.9 Å². The lowest BCUT2D eigenvalue weighted by Gasteiger charge is -2.11. The number of nitrogens with one attached hydrogen (secondary N) is 2. The average Bonchev–Trinajstić information content (AvgIpc) is 2.90. The number of aromatic nitrogens is 5. The number of hydrogen-bond donors (Lipinski definition) is 2.